The summed E-state index contributed by atoms with van der Waals surface area (Å²) in [5, 5.41) is 0.136. The largest absolute Gasteiger partial charge is 0.379 e. The molecule has 0 heterocycles. The highest BCUT2D eigenvalue weighted by Gasteiger charge is 1.93. The van der Waals surface area contributed by atoms with E-state index < -0.39 is 0 Å². The molecule has 0 radical (unpaired) electrons. The topological polar surface area (TPSA) is 18.5 Å². The van der Waals surface area contributed by atoms with E-state index in [1.165, 1.54) is 6.42 Å². The molecule has 0 bridgehead atoms. The SMILES string of the molecule is CCCCOCCOC(C)Br. The van der Waals surface area contributed by atoms with Crippen molar-refractivity contribution in [2.24, 2.45) is 0 Å². The first-order valence-electron chi connectivity index (χ1n) is 4.10. The molecule has 0 aliphatic rings. The summed E-state index contributed by atoms with van der Waals surface area (Å²) in [7, 11) is 0. The van der Waals surface area contributed by atoms with Gasteiger partial charge < -0.3 is 9.47 Å². The zero-order chi connectivity index (χ0) is 8.53. The molecule has 11 heavy (non-hydrogen) atoms. The Morgan fingerprint density at radius 2 is 2.00 bits per heavy atom. The van der Waals surface area contributed by atoms with E-state index in [2.05, 4.69) is 22.9 Å². The normalized spacial score (nSPS) is 13.4. The third kappa shape index (κ3) is 10.4. The van der Waals surface area contributed by atoms with Crippen molar-refractivity contribution in [3.05, 3.63) is 0 Å². The number of unbranched alkanes of at least 4 members (excludes halogenated alkanes) is 1. The zero-order valence-electron chi connectivity index (χ0n) is 7.31. The lowest BCUT2D eigenvalue weighted by atomic mass is 10.4. The van der Waals surface area contributed by atoms with E-state index in [1.54, 1.807) is 0 Å². The Hall–Kier alpha value is 0.400. The molecule has 0 spiro atoms. The first-order valence-corrected chi connectivity index (χ1v) is 5.02. The van der Waals surface area contributed by atoms with E-state index in [9.17, 15) is 0 Å². The van der Waals surface area contributed by atoms with E-state index in [-0.39, 0.29) is 5.01 Å². The molecule has 0 N–H and O–H groups in total. The number of hydrogen-bond donors (Lipinski definition) is 0. The first kappa shape index (κ1) is 11.4. The van der Waals surface area contributed by atoms with Gasteiger partial charge >= 0.3 is 0 Å². The molecule has 2 nitrogen and oxygen atoms in total. The van der Waals surface area contributed by atoms with E-state index >= 15 is 0 Å². The number of ether oxygens (including phenoxy) is 2. The summed E-state index contributed by atoms with van der Waals surface area (Å²) in [6, 6.07) is 0. The Kier molecular flexibility index (Phi) is 8.81. The van der Waals surface area contributed by atoms with Crippen LogP contribution in [0.3, 0.4) is 0 Å². The molecule has 0 rings (SSSR count). The van der Waals surface area contributed by atoms with Crippen molar-refractivity contribution in [3.8, 4) is 0 Å². The average Bonchev–Trinajstić information content (AvgIpc) is 1.96. The molecule has 3 heteroatoms. The van der Waals surface area contributed by atoms with Crippen molar-refractivity contribution < 1.29 is 9.47 Å². The van der Waals surface area contributed by atoms with Crippen LogP contribution in [-0.4, -0.2) is 24.8 Å². The predicted octanol–water partition coefficient (Wildman–Crippen LogP) is 2.56. The van der Waals surface area contributed by atoms with Crippen LogP contribution < -0.4 is 0 Å². The quantitative estimate of drug-likeness (QED) is 0.489. The molecule has 0 aliphatic carbocycles. The highest BCUT2D eigenvalue weighted by atomic mass is 79.9. The third-order valence-electron chi connectivity index (χ3n) is 1.22. The van der Waals surface area contributed by atoms with E-state index in [0.717, 1.165) is 13.0 Å². The maximum Gasteiger partial charge on any atom is 0.109 e. The van der Waals surface area contributed by atoms with Gasteiger partial charge in [-0.05, 0) is 13.3 Å². The lowest BCUT2D eigenvalue weighted by molar-refractivity contribution is 0.0435. The fourth-order valence-electron chi connectivity index (χ4n) is 0.618. The molecule has 0 aliphatic heterocycles. The molecule has 0 saturated heterocycles. The maximum atomic E-state index is 5.28. The Morgan fingerprint density at radius 3 is 2.55 bits per heavy atom. The van der Waals surface area contributed by atoms with Crippen molar-refractivity contribution >= 4 is 15.9 Å². The standard InChI is InChI=1S/C8H17BrO2/c1-3-4-5-10-6-7-11-8(2)9/h8H,3-7H2,1-2H3. The maximum absolute atomic E-state index is 5.28. The van der Waals surface area contributed by atoms with Crippen LogP contribution >= 0.6 is 15.9 Å². The molecule has 1 atom stereocenters. The summed E-state index contributed by atoms with van der Waals surface area (Å²) in [6.45, 7) is 6.34. The van der Waals surface area contributed by atoms with Crippen LogP contribution in [-0.2, 0) is 9.47 Å². The monoisotopic (exact) mass is 224 g/mol. The van der Waals surface area contributed by atoms with Gasteiger partial charge in [0.15, 0.2) is 0 Å². The molecular formula is C8H17BrO2. The van der Waals surface area contributed by atoms with Gasteiger partial charge in [0.2, 0.25) is 0 Å². The van der Waals surface area contributed by atoms with Crippen LogP contribution in [0.25, 0.3) is 0 Å². The van der Waals surface area contributed by atoms with Gasteiger partial charge in [-0.2, -0.15) is 0 Å². The van der Waals surface area contributed by atoms with Crippen LogP contribution in [0, 0.1) is 0 Å². The Balaban J connectivity index is 2.80. The fraction of sp³-hybridized carbons (Fsp3) is 1.00. The average molecular weight is 225 g/mol. The summed E-state index contributed by atoms with van der Waals surface area (Å²) in [6.07, 6.45) is 2.33. The van der Waals surface area contributed by atoms with Gasteiger partial charge in [0, 0.05) is 6.61 Å². The van der Waals surface area contributed by atoms with E-state index in [0.29, 0.717) is 13.2 Å². The van der Waals surface area contributed by atoms with Gasteiger partial charge in [-0.3, -0.25) is 0 Å². The molecule has 0 fully saturated rings. The van der Waals surface area contributed by atoms with Gasteiger partial charge in [-0.1, -0.05) is 29.3 Å². The lowest BCUT2D eigenvalue weighted by Gasteiger charge is -2.06. The minimum absolute atomic E-state index is 0.136. The van der Waals surface area contributed by atoms with E-state index in [4.69, 9.17) is 9.47 Å². The number of hydrogen-bond acceptors (Lipinski definition) is 2. The Labute approximate surface area is 77.4 Å². The summed E-state index contributed by atoms with van der Waals surface area (Å²) in [4.78, 5) is 0. The highest BCUT2D eigenvalue weighted by Crippen LogP contribution is 1.98. The van der Waals surface area contributed by atoms with Gasteiger partial charge in [0.05, 0.1) is 13.2 Å². The minimum atomic E-state index is 0.136. The van der Waals surface area contributed by atoms with E-state index in [1.807, 2.05) is 6.92 Å². The van der Waals surface area contributed by atoms with Gasteiger partial charge in [-0.15, -0.1) is 0 Å². The second-order valence-electron chi connectivity index (χ2n) is 2.38. The Morgan fingerprint density at radius 1 is 1.27 bits per heavy atom. The van der Waals surface area contributed by atoms with Crippen molar-refractivity contribution in [2.45, 2.75) is 31.7 Å². The molecule has 0 aromatic carbocycles. The number of halogens is 1. The van der Waals surface area contributed by atoms with Crippen LogP contribution in [0.2, 0.25) is 0 Å². The van der Waals surface area contributed by atoms with Crippen molar-refractivity contribution in [1.29, 1.82) is 0 Å². The Bertz CT molecular complexity index is 76.5. The summed E-state index contributed by atoms with van der Waals surface area (Å²) >= 11 is 3.28. The second kappa shape index (κ2) is 8.50. The van der Waals surface area contributed by atoms with Crippen molar-refractivity contribution in [2.75, 3.05) is 19.8 Å². The minimum Gasteiger partial charge on any atom is -0.379 e. The fourth-order valence-corrected chi connectivity index (χ4v) is 0.805. The number of rotatable bonds is 7. The molecule has 1 unspecified atom stereocenters. The summed E-state index contributed by atoms with van der Waals surface area (Å²) in [5.41, 5.74) is 0. The van der Waals surface area contributed by atoms with Gasteiger partial charge in [-0.25, -0.2) is 0 Å². The zero-order valence-corrected chi connectivity index (χ0v) is 8.89. The van der Waals surface area contributed by atoms with Crippen molar-refractivity contribution in [3.63, 3.8) is 0 Å². The third-order valence-corrected chi connectivity index (χ3v) is 1.48. The highest BCUT2D eigenvalue weighted by molar-refractivity contribution is 9.09. The molecule has 0 aromatic rings. The smallest absolute Gasteiger partial charge is 0.109 e. The lowest BCUT2D eigenvalue weighted by Crippen LogP contribution is -2.08. The van der Waals surface area contributed by atoms with Gasteiger partial charge in [0.1, 0.15) is 5.01 Å². The first-order chi connectivity index (χ1) is 5.27. The summed E-state index contributed by atoms with van der Waals surface area (Å²) in [5.74, 6) is 0. The molecule has 68 valence electrons. The number of alkyl halides is 1. The van der Waals surface area contributed by atoms with Crippen molar-refractivity contribution in [1.82, 2.24) is 0 Å². The molecule has 0 aromatic heterocycles. The predicted molar refractivity (Wildman–Crippen MR) is 50.1 cm³/mol. The molecule has 0 saturated carbocycles. The van der Waals surface area contributed by atoms with Gasteiger partial charge in [0.25, 0.3) is 0 Å². The van der Waals surface area contributed by atoms with Crippen LogP contribution in [0.5, 0.6) is 0 Å². The molecule has 0 amide bonds. The summed E-state index contributed by atoms with van der Waals surface area (Å²) < 4.78 is 10.5. The second-order valence-corrected chi connectivity index (χ2v) is 3.67. The van der Waals surface area contributed by atoms with Crippen LogP contribution in [0.15, 0.2) is 0 Å². The van der Waals surface area contributed by atoms with Crippen LogP contribution in [0.1, 0.15) is 26.7 Å². The van der Waals surface area contributed by atoms with Crippen LogP contribution in [0.4, 0.5) is 0 Å². The molecular weight excluding hydrogens is 208 g/mol.